The zero-order valence-corrected chi connectivity index (χ0v) is 16.2. The number of aromatic nitrogens is 2. The van der Waals surface area contributed by atoms with E-state index in [0.717, 1.165) is 16.6 Å². The Labute approximate surface area is 171 Å². The van der Waals surface area contributed by atoms with Crippen LogP contribution in [-0.2, 0) is 4.74 Å². The van der Waals surface area contributed by atoms with Crippen LogP contribution in [-0.4, -0.2) is 29.0 Å². The van der Waals surface area contributed by atoms with Crippen molar-refractivity contribution in [3.05, 3.63) is 82.9 Å². The van der Waals surface area contributed by atoms with Crippen molar-refractivity contribution in [2.75, 3.05) is 12.4 Å². The van der Waals surface area contributed by atoms with Gasteiger partial charge in [0, 0.05) is 16.1 Å². The maximum atomic E-state index is 12.6. The van der Waals surface area contributed by atoms with E-state index in [2.05, 4.69) is 15.3 Å². The minimum absolute atomic E-state index is 0.293. The number of methoxy groups -OCH3 is 1. The molecule has 3 aromatic carbocycles. The van der Waals surface area contributed by atoms with Crippen molar-refractivity contribution >= 4 is 40.2 Å². The number of rotatable bonds is 4. The molecule has 144 valence electrons. The van der Waals surface area contributed by atoms with Crippen LogP contribution in [0.1, 0.15) is 20.7 Å². The van der Waals surface area contributed by atoms with E-state index in [9.17, 15) is 9.59 Å². The molecule has 0 saturated carbocycles. The maximum Gasteiger partial charge on any atom is 0.339 e. The van der Waals surface area contributed by atoms with E-state index < -0.39 is 5.97 Å². The fraction of sp³-hybridized carbons (Fsp3) is 0.0455. The molecule has 0 unspecified atom stereocenters. The lowest BCUT2D eigenvalue weighted by molar-refractivity contribution is 0.0602. The first-order valence-electron chi connectivity index (χ1n) is 8.79. The molecule has 29 heavy (non-hydrogen) atoms. The van der Waals surface area contributed by atoms with Crippen LogP contribution in [0.4, 0.5) is 5.69 Å². The molecular formula is C22H16ClN3O3. The summed E-state index contributed by atoms with van der Waals surface area (Å²) in [4.78, 5) is 32.2. The summed E-state index contributed by atoms with van der Waals surface area (Å²) in [5.74, 6) is -0.157. The third kappa shape index (κ3) is 3.83. The van der Waals surface area contributed by atoms with Crippen molar-refractivity contribution in [3.63, 3.8) is 0 Å². The van der Waals surface area contributed by atoms with Crippen molar-refractivity contribution in [3.8, 4) is 11.4 Å². The highest BCUT2D eigenvalue weighted by Crippen LogP contribution is 2.24. The van der Waals surface area contributed by atoms with E-state index in [4.69, 9.17) is 16.3 Å². The first-order chi connectivity index (χ1) is 14.0. The monoisotopic (exact) mass is 405 g/mol. The van der Waals surface area contributed by atoms with Crippen LogP contribution in [0, 0.1) is 0 Å². The van der Waals surface area contributed by atoms with Crippen LogP contribution < -0.4 is 5.32 Å². The third-order valence-electron chi connectivity index (χ3n) is 4.45. The SMILES string of the molecule is COC(=O)c1ccccc1NC(=O)c1ccc(-c2nc3ccc(Cl)cc3[nH]2)cc1. The molecule has 0 aliphatic heterocycles. The van der Waals surface area contributed by atoms with Crippen LogP contribution in [0.25, 0.3) is 22.4 Å². The van der Waals surface area contributed by atoms with Gasteiger partial charge < -0.3 is 15.0 Å². The van der Waals surface area contributed by atoms with E-state index in [0.29, 0.717) is 27.7 Å². The molecule has 1 aromatic heterocycles. The Morgan fingerprint density at radius 1 is 1.03 bits per heavy atom. The number of aromatic amines is 1. The van der Waals surface area contributed by atoms with Crippen molar-refractivity contribution < 1.29 is 14.3 Å². The van der Waals surface area contributed by atoms with Gasteiger partial charge in [-0.05, 0) is 42.5 Å². The van der Waals surface area contributed by atoms with Crippen molar-refractivity contribution in [2.24, 2.45) is 0 Å². The lowest BCUT2D eigenvalue weighted by Gasteiger charge is -2.09. The topological polar surface area (TPSA) is 84.1 Å². The number of carbonyl (C=O) groups is 2. The molecule has 4 rings (SSSR count). The minimum Gasteiger partial charge on any atom is -0.465 e. The molecule has 0 atom stereocenters. The van der Waals surface area contributed by atoms with E-state index in [-0.39, 0.29) is 5.91 Å². The molecule has 4 aromatic rings. The van der Waals surface area contributed by atoms with Gasteiger partial charge in [-0.2, -0.15) is 0 Å². The number of H-pyrrole nitrogens is 1. The Hall–Kier alpha value is -3.64. The fourth-order valence-corrected chi connectivity index (χ4v) is 3.14. The number of nitrogens with zero attached hydrogens (tertiary/aromatic N) is 1. The second kappa shape index (κ2) is 7.77. The lowest BCUT2D eigenvalue weighted by Crippen LogP contribution is -2.15. The zero-order valence-electron chi connectivity index (χ0n) is 15.4. The van der Waals surface area contributed by atoms with Crippen LogP contribution in [0.5, 0.6) is 0 Å². The highest BCUT2D eigenvalue weighted by Gasteiger charge is 2.14. The Morgan fingerprint density at radius 2 is 1.79 bits per heavy atom. The van der Waals surface area contributed by atoms with Gasteiger partial charge >= 0.3 is 5.97 Å². The first-order valence-corrected chi connectivity index (χ1v) is 9.17. The number of hydrogen-bond donors (Lipinski definition) is 2. The number of para-hydroxylation sites is 1. The predicted octanol–water partition coefficient (Wildman–Crippen LogP) is 4.92. The Morgan fingerprint density at radius 3 is 2.55 bits per heavy atom. The second-order valence-corrected chi connectivity index (χ2v) is 6.75. The summed E-state index contributed by atoms with van der Waals surface area (Å²) in [6, 6.07) is 19.1. The van der Waals surface area contributed by atoms with E-state index in [1.165, 1.54) is 7.11 Å². The van der Waals surface area contributed by atoms with Crippen LogP contribution >= 0.6 is 11.6 Å². The number of fused-ring (bicyclic) bond motifs is 1. The van der Waals surface area contributed by atoms with Gasteiger partial charge in [0.2, 0.25) is 0 Å². The smallest absolute Gasteiger partial charge is 0.339 e. The van der Waals surface area contributed by atoms with Crippen molar-refractivity contribution in [2.45, 2.75) is 0 Å². The standard InChI is InChI=1S/C22H16ClN3O3/c1-29-22(28)16-4-2-3-5-17(16)26-21(27)14-8-6-13(7-9-14)20-24-18-11-10-15(23)12-19(18)25-20/h2-12H,1H3,(H,24,25)(H,26,27). The van der Waals surface area contributed by atoms with Gasteiger partial charge in [-0.25, -0.2) is 9.78 Å². The summed E-state index contributed by atoms with van der Waals surface area (Å²) >= 11 is 6.01. The molecule has 0 fully saturated rings. The summed E-state index contributed by atoms with van der Waals surface area (Å²) in [5, 5.41) is 3.38. The predicted molar refractivity (Wildman–Crippen MR) is 112 cm³/mol. The van der Waals surface area contributed by atoms with Gasteiger partial charge in [0.1, 0.15) is 5.82 Å². The highest BCUT2D eigenvalue weighted by molar-refractivity contribution is 6.31. The maximum absolute atomic E-state index is 12.6. The van der Waals surface area contributed by atoms with E-state index >= 15 is 0 Å². The quantitative estimate of drug-likeness (QED) is 0.472. The Balaban J connectivity index is 1.56. The summed E-state index contributed by atoms with van der Waals surface area (Å²) in [7, 11) is 1.30. The van der Waals surface area contributed by atoms with Gasteiger partial charge in [0.05, 0.1) is 29.4 Å². The minimum atomic E-state index is -0.513. The molecule has 7 heteroatoms. The number of hydrogen-bond acceptors (Lipinski definition) is 4. The average molecular weight is 406 g/mol. The summed E-state index contributed by atoms with van der Waals surface area (Å²) < 4.78 is 4.75. The van der Waals surface area contributed by atoms with Gasteiger partial charge in [-0.15, -0.1) is 0 Å². The Kier molecular flexibility index (Phi) is 5.01. The summed E-state index contributed by atoms with van der Waals surface area (Å²) in [6.07, 6.45) is 0. The highest BCUT2D eigenvalue weighted by atomic mass is 35.5. The molecule has 0 aliphatic carbocycles. The number of benzene rings is 3. The van der Waals surface area contributed by atoms with E-state index in [1.54, 1.807) is 54.6 Å². The molecule has 0 spiro atoms. The number of esters is 1. The Bertz CT molecular complexity index is 1220. The second-order valence-electron chi connectivity index (χ2n) is 6.32. The number of anilines is 1. The number of amides is 1. The molecule has 6 nitrogen and oxygen atoms in total. The first kappa shape index (κ1) is 18.7. The number of imidazole rings is 1. The molecule has 2 N–H and O–H groups in total. The van der Waals surface area contributed by atoms with Crippen molar-refractivity contribution in [1.29, 1.82) is 0 Å². The third-order valence-corrected chi connectivity index (χ3v) is 4.68. The molecule has 0 bridgehead atoms. The lowest BCUT2D eigenvalue weighted by atomic mass is 10.1. The number of nitrogens with one attached hydrogen (secondary N) is 2. The van der Waals surface area contributed by atoms with Gasteiger partial charge in [-0.3, -0.25) is 4.79 Å². The number of ether oxygens (including phenoxy) is 1. The number of halogens is 1. The normalized spacial score (nSPS) is 10.7. The molecule has 1 heterocycles. The number of carbonyl (C=O) groups excluding carboxylic acids is 2. The van der Waals surface area contributed by atoms with Crippen LogP contribution in [0.15, 0.2) is 66.7 Å². The van der Waals surface area contributed by atoms with Crippen LogP contribution in [0.2, 0.25) is 5.02 Å². The average Bonchev–Trinajstić information content (AvgIpc) is 3.17. The van der Waals surface area contributed by atoms with Gasteiger partial charge in [0.15, 0.2) is 0 Å². The molecule has 0 aliphatic rings. The fourth-order valence-electron chi connectivity index (χ4n) is 2.97. The van der Waals surface area contributed by atoms with Gasteiger partial charge in [-0.1, -0.05) is 35.9 Å². The zero-order chi connectivity index (χ0) is 20.4. The summed E-state index contributed by atoms with van der Waals surface area (Å²) in [5.41, 5.74) is 3.62. The molecule has 0 radical (unpaired) electrons. The van der Waals surface area contributed by atoms with Gasteiger partial charge in [0.25, 0.3) is 5.91 Å². The molecule has 0 saturated heterocycles. The largest absolute Gasteiger partial charge is 0.465 e. The van der Waals surface area contributed by atoms with Crippen molar-refractivity contribution in [1.82, 2.24) is 9.97 Å². The summed E-state index contributed by atoms with van der Waals surface area (Å²) in [6.45, 7) is 0. The molecule has 1 amide bonds. The van der Waals surface area contributed by atoms with E-state index in [1.807, 2.05) is 12.1 Å². The molecular weight excluding hydrogens is 390 g/mol. The van der Waals surface area contributed by atoms with Crippen LogP contribution in [0.3, 0.4) is 0 Å².